The van der Waals surface area contributed by atoms with E-state index in [1.165, 1.54) is 6.33 Å². The summed E-state index contributed by atoms with van der Waals surface area (Å²) in [6.45, 7) is 3.94. The normalized spacial score (nSPS) is 16.3. The lowest BCUT2D eigenvalue weighted by Crippen LogP contribution is -2.31. The van der Waals surface area contributed by atoms with Crippen molar-refractivity contribution in [3.05, 3.63) is 69.8 Å². The van der Waals surface area contributed by atoms with Crippen LogP contribution < -0.4 is 10.6 Å². The molecule has 0 bridgehead atoms. The summed E-state index contributed by atoms with van der Waals surface area (Å²) in [5.41, 5.74) is 3.33. The van der Waals surface area contributed by atoms with Gasteiger partial charge in [-0.05, 0) is 43.0 Å². The van der Waals surface area contributed by atoms with Crippen LogP contribution in [0.1, 0.15) is 23.4 Å². The van der Waals surface area contributed by atoms with E-state index in [4.69, 9.17) is 0 Å². The van der Waals surface area contributed by atoms with Crippen LogP contribution in [0.2, 0.25) is 0 Å². The molecule has 1 aliphatic rings. The van der Waals surface area contributed by atoms with E-state index in [1.807, 2.05) is 49.6 Å². The summed E-state index contributed by atoms with van der Waals surface area (Å²) in [7, 11) is 0. The number of hydrogen-bond acceptors (Lipinski definition) is 5. The van der Waals surface area contributed by atoms with Crippen LogP contribution in [0.5, 0.6) is 0 Å². The molecule has 2 aromatic heterocycles. The second-order valence-electron chi connectivity index (χ2n) is 5.88. The molecule has 0 saturated carbocycles. The van der Waals surface area contributed by atoms with Gasteiger partial charge in [0.25, 0.3) is 5.91 Å². The second-order valence-corrected chi connectivity index (χ2v) is 6.83. The van der Waals surface area contributed by atoms with Crippen LogP contribution in [-0.2, 0) is 4.79 Å². The topological polar surface area (TPSA) is 71.8 Å². The third-order valence-electron chi connectivity index (χ3n) is 4.22. The number of anilines is 2. The Bertz CT molecular complexity index is 957. The van der Waals surface area contributed by atoms with Gasteiger partial charge in [0.05, 0.1) is 5.57 Å². The van der Waals surface area contributed by atoms with Crippen LogP contribution >= 0.6 is 11.3 Å². The van der Waals surface area contributed by atoms with Crippen LogP contribution in [-0.4, -0.2) is 20.7 Å². The molecule has 0 saturated heterocycles. The number of thiophene rings is 1. The Hall–Kier alpha value is -2.93. The SMILES string of the molecule is CC1=C(C(=O)Nc2ccccc2)[C@@H](c2sccc2C)n2ncnc2N1. The zero-order chi connectivity index (χ0) is 17.4. The predicted octanol–water partition coefficient (Wildman–Crippen LogP) is 3.58. The molecule has 0 radical (unpaired) electrons. The number of nitrogens with zero attached hydrogens (tertiary/aromatic N) is 3. The number of para-hydroxylation sites is 1. The predicted molar refractivity (Wildman–Crippen MR) is 98.6 cm³/mol. The number of hydrogen-bond donors (Lipinski definition) is 2. The first kappa shape index (κ1) is 15.6. The third-order valence-corrected chi connectivity index (χ3v) is 5.29. The van der Waals surface area contributed by atoms with Crippen molar-refractivity contribution in [2.45, 2.75) is 19.9 Å². The lowest BCUT2D eigenvalue weighted by molar-refractivity contribution is -0.113. The molecule has 4 rings (SSSR count). The van der Waals surface area contributed by atoms with E-state index >= 15 is 0 Å². The standard InChI is InChI=1S/C18H17N5OS/c1-11-8-9-25-16(11)15-14(12(2)21-18-19-10-20-23(15)18)17(24)22-13-6-4-3-5-7-13/h3-10,15H,1-2H3,(H,22,24)(H,19,20,21)/t15-/m0/s1. The van der Waals surface area contributed by atoms with Crippen molar-refractivity contribution in [2.75, 3.05) is 10.6 Å². The van der Waals surface area contributed by atoms with Gasteiger partial charge in [-0.15, -0.1) is 11.3 Å². The fourth-order valence-electron chi connectivity index (χ4n) is 3.01. The highest BCUT2D eigenvalue weighted by Crippen LogP contribution is 2.38. The van der Waals surface area contributed by atoms with Crippen LogP contribution in [0.4, 0.5) is 11.6 Å². The van der Waals surface area contributed by atoms with Gasteiger partial charge in [0.15, 0.2) is 0 Å². The molecular weight excluding hydrogens is 334 g/mol. The first-order valence-electron chi connectivity index (χ1n) is 7.93. The van der Waals surface area contributed by atoms with Crippen LogP contribution in [0.25, 0.3) is 0 Å². The highest BCUT2D eigenvalue weighted by Gasteiger charge is 2.34. The molecule has 1 atom stereocenters. The summed E-state index contributed by atoms with van der Waals surface area (Å²) in [4.78, 5) is 18.4. The maximum atomic E-state index is 13.1. The summed E-state index contributed by atoms with van der Waals surface area (Å²) in [5.74, 6) is 0.502. The summed E-state index contributed by atoms with van der Waals surface area (Å²) in [5, 5.41) is 12.5. The minimum absolute atomic E-state index is 0.143. The van der Waals surface area contributed by atoms with E-state index in [0.717, 1.165) is 21.8 Å². The number of carbonyl (C=O) groups excluding carboxylic acids is 1. The highest BCUT2D eigenvalue weighted by atomic mass is 32.1. The van der Waals surface area contributed by atoms with Gasteiger partial charge in [-0.25, -0.2) is 4.68 Å². The van der Waals surface area contributed by atoms with Crippen molar-refractivity contribution < 1.29 is 4.79 Å². The molecule has 6 nitrogen and oxygen atoms in total. The number of aryl methyl sites for hydroxylation is 1. The van der Waals surface area contributed by atoms with Crippen molar-refractivity contribution in [1.29, 1.82) is 0 Å². The summed E-state index contributed by atoms with van der Waals surface area (Å²) in [6, 6.07) is 11.2. The first-order chi connectivity index (χ1) is 12.1. The fraction of sp³-hybridized carbons (Fsp3) is 0.167. The van der Waals surface area contributed by atoms with E-state index in [0.29, 0.717) is 11.5 Å². The first-order valence-corrected chi connectivity index (χ1v) is 8.81. The molecule has 1 amide bonds. The van der Waals surface area contributed by atoms with E-state index in [9.17, 15) is 4.79 Å². The minimum atomic E-state index is -0.289. The van der Waals surface area contributed by atoms with E-state index in [2.05, 4.69) is 26.8 Å². The molecule has 126 valence electrons. The summed E-state index contributed by atoms with van der Waals surface area (Å²) < 4.78 is 1.77. The number of rotatable bonds is 3. The molecule has 0 spiro atoms. The van der Waals surface area contributed by atoms with E-state index in [-0.39, 0.29) is 11.9 Å². The molecule has 2 N–H and O–H groups in total. The molecule has 25 heavy (non-hydrogen) atoms. The average molecular weight is 351 g/mol. The molecule has 1 aliphatic heterocycles. The molecule has 0 unspecified atom stereocenters. The number of carbonyl (C=O) groups is 1. The van der Waals surface area contributed by atoms with Crippen molar-refractivity contribution in [3.8, 4) is 0 Å². The molecular formula is C18H17N5OS. The van der Waals surface area contributed by atoms with Crippen molar-refractivity contribution >= 4 is 28.9 Å². The number of fused-ring (bicyclic) bond motifs is 1. The molecule has 0 aliphatic carbocycles. The van der Waals surface area contributed by atoms with Gasteiger partial charge in [-0.2, -0.15) is 10.1 Å². The fourth-order valence-corrected chi connectivity index (χ4v) is 4.03. The Morgan fingerprint density at radius 2 is 2.04 bits per heavy atom. The van der Waals surface area contributed by atoms with Gasteiger partial charge in [-0.3, -0.25) is 4.79 Å². The van der Waals surface area contributed by atoms with Gasteiger partial charge in [0.2, 0.25) is 5.95 Å². The van der Waals surface area contributed by atoms with Crippen molar-refractivity contribution in [3.63, 3.8) is 0 Å². The quantitative estimate of drug-likeness (QED) is 0.757. The lowest BCUT2D eigenvalue weighted by Gasteiger charge is -2.28. The summed E-state index contributed by atoms with van der Waals surface area (Å²) >= 11 is 1.62. The molecule has 1 aromatic carbocycles. The molecule has 3 heterocycles. The second kappa shape index (κ2) is 6.18. The third kappa shape index (κ3) is 2.72. The average Bonchev–Trinajstić information content (AvgIpc) is 3.23. The zero-order valence-electron chi connectivity index (χ0n) is 13.9. The molecule has 7 heteroatoms. The highest BCUT2D eigenvalue weighted by molar-refractivity contribution is 7.10. The van der Waals surface area contributed by atoms with E-state index in [1.54, 1.807) is 16.0 Å². The van der Waals surface area contributed by atoms with Gasteiger partial charge >= 0.3 is 0 Å². The minimum Gasteiger partial charge on any atom is -0.328 e. The maximum absolute atomic E-state index is 13.1. The number of aromatic nitrogens is 3. The Morgan fingerprint density at radius 1 is 1.24 bits per heavy atom. The molecule has 3 aromatic rings. The zero-order valence-corrected chi connectivity index (χ0v) is 14.7. The Morgan fingerprint density at radius 3 is 2.76 bits per heavy atom. The van der Waals surface area contributed by atoms with Gasteiger partial charge in [0.1, 0.15) is 12.4 Å². The maximum Gasteiger partial charge on any atom is 0.255 e. The number of nitrogens with one attached hydrogen (secondary N) is 2. The number of benzene rings is 1. The van der Waals surface area contributed by atoms with Crippen molar-refractivity contribution in [2.24, 2.45) is 0 Å². The Kier molecular flexibility index (Phi) is 3.85. The number of allylic oxidation sites excluding steroid dienone is 1. The smallest absolute Gasteiger partial charge is 0.255 e. The van der Waals surface area contributed by atoms with Crippen LogP contribution in [0.3, 0.4) is 0 Å². The van der Waals surface area contributed by atoms with Gasteiger partial charge in [0, 0.05) is 16.3 Å². The van der Waals surface area contributed by atoms with E-state index < -0.39 is 0 Å². The Balaban J connectivity index is 1.78. The summed E-state index contributed by atoms with van der Waals surface area (Å²) in [6.07, 6.45) is 1.50. The monoisotopic (exact) mass is 351 g/mol. The van der Waals surface area contributed by atoms with Gasteiger partial charge < -0.3 is 10.6 Å². The lowest BCUT2D eigenvalue weighted by atomic mass is 9.99. The Labute approximate surface area is 149 Å². The number of amides is 1. The van der Waals surface area contributed by atoms with Crippen molar-refractivity contribution in [1.82, 2.24) is 14.8 Å². The largest absolute Gasteiger partial charge is 0.328 e. The van der Waals surface area contributed by atoms with Crippen LogP contribution in [0.15, 0.2) is 59.4 Å². The van der Waals surface area contributed by atoms with Crippen LogP contribution in [0, 0.1) is 6.92 Å². The van der Waals surface area contributed by atoms with Gasteiger partial charge in [-0.1, -0.05) is 18.2 Å². The molecule has 0 fully saturated rings.